The van der Waals surface area contributed by atoms with Crippen LogP contribution < -0.4 is 4.90 Å². The van der Waals surface area contributed by atoms with E-state index in [1.165, 1.54) is 29.9 Å². The Kier molecular flexibility index (Phi) is 2.91. The molecule has 0 radical (unpaired) electrons. The molecule has 0 bridgehead atoms. The molecule has 22 heavy (non-hydrogen) atoms. The number of piperidine rings is 1. The van der Waals surface area contributed by atoms with Crippen molar-refractivity contribution >= 4 is 5.69 Å². The van der Waals surface area contributed by atoms with Gasteiger partial charge in [-0.25, -0.2) is 0 Å². The average molecular weight is 295 g/mol. The van der Waals surface area contributed by atoms with Crippen molar-refractivity contribution in [3.63, 3.8) is 0 Å². The molecule has 116 valence electrons. The molecule has 2 fully saturated rings. The molecule has 3 nitrogen and oxygen atoms in total. The lowest BCUT2D eigenvalue weighted by molar-refractivity contribution is 0.309. The van der Waals surface area contributed by atoms with E-state index in [1.807, 2.05) is 17.9 Å². The number of rotatable bonds is 2. The Hall–Kier alpha value is -1.77. The Morgan fingerprint density at radius 1 is 1.00 bits per heavy atom. The van der Waals surface area contributed by atoms with Crippen LogP contribution in [0.25, 0.3) is 11.1 Å². The maximum absolute atomic E-state index is 4.25. The lowest BCUT2D eigenvalue weighted by Crippen LogP contribution is -2.27. The van der Waals surface area contributed by atoms with Gasteiger partial charge < -0.3 is 4.90 Å². The van der Waals surface area contributed by atoms with E-state index in [1.54, 1.807) is 0 Å². The van der Waals surface area contributed by atoms with Gasteiger partial charge in [0.05, 0.1) is 6.20 Å². The lowest BCUT2D eigenvalue weighted by atomic mass is 9.87. The SMILES string of the molecule is Cn1cc(-c2ccc(N3CC4C(C3)C4C(C)(C)C)cc2)cn1. The Morgan fingerprint density at radius 2 is 1.64 bits per heavy atom. The number of nitrogens with zero attached hydrogens (tertiary/aromatic N) is 3. The van der Waals surface area contributed by atoms with E-state index in [0.29, 0.717) is 5.41 Å². The quantitative estimate of drug-likeness (QED) is 0.840. The summed E-state index contributed by atoms with van der Waals surface area (Å²) in [6.45, 7) is 9.65. The van der Waals surface area contributed by atoms with Gasteiger partial charge in [-0.15, -0.1) is 0 Å². The zero-order chi connectivity index (χ0) is 15.5. The topological polar surface area (TPSA) is 21.1 Å². The van der Waals surface area contributed by atoms with Crippen molar-refractivity contribution in [2.24, 2.45) is 30.2 Å². The molecule has 0 N–H and O–H groups in total. The fourth-order valence-corrected chi connectivity index (χ4v) is 4.46. The number of hydrogen-bond acceptors (Lipinski definition) is 2. The molecule has 1 aliphatic heterocycles. The fourth-order valence-electron chi connectivity index (χ4n) is 4.46. The largest absolute Gasteiger partial charge is 0.371 e. The highest BCUT2D eigenvalue weighted by Crippen LogP contribution is 2.60. The van der Waals surface area contributed by atoms with Crippen LogP contribution in [0.3, 0.4) is 0 Å². The summed E-state index contributed by atoms with van der Waals surface area (Å²) < 4.78 is 1.85. The van der Waals surface area contributed by atoms with E-state index in [9.17, 15) is 0 Å². The van der Waals surface area contributed by atoms with Crippen molar-refractivity contribution < 1.29 is 0 Å². The highest BCUT2D eigenvalue weighted by Gasteiger charge is 2.59. The normalized spacial score (nSPS) is 27.1. The van der Waals surface area contributed by atoms with Crippen molar-refractivity contribution in [3.05, 3.63) is 36.7 Å². The van der Waals surface area contributed by atoms with Gasteiger partial charge in [0.25, 0.3) is 0 Å². The van der Waals surface area contributed by atoms with Gasteiger partial charge in [-0.2, -0.15) is 5.10 Å². The summed E-state index contributed by atoms with van der Waals surface area (Å²) in [7, 11) is 1.96. The first kappa shape index (κ1) is 13.9. The van der Waals surface area contributed by atoms with Crippen LogP contribution in [0.1, 0.15) is 20.8 Å². The highest BCUT2D eigenvalue weighted by molar-refractivity contribution is 5.65. The number of aryl methyl sites for hydroxylation is 1. The monoisotopic (exact) mass is 295 g/mol. The van der Waals surface area contributed by atoms with Crippen molar-refractivity contribution in [3.8, 4) is 11.1 Å². The van der Waals surface area contributed by atoms with E-state index >= 15 is 0 Å². The molecule has 1 saturated carbocycles. The van der Waals surface area contributed by atoms with Gasteiger partial charge >= 0.3 is 0 Å². The molecule has 1 aromatic heterocycles. The summed E-state index contributed by atoms with van der Waals surface area (Å²) in [6.07, 6.45) is 3.99. The molecule has 2 unspecified atom stereocenters. The van der Waals surface area contributed by atoms with Crippen molar-refractivity contribution in [2.45, 2.75) is 20.8 Å². The maximum atomic E-state index is 4.25. The third-order valence-electron chi connectivity index (χ3n) is 5.46. The Morgan fingerprint density at radius 3 is 2.14 bits per heavy atom. The summed E-state index contributed by atoms with van der Waals surface area (Å²) in [6, 6.07) is 8.97. The summed E-state index contributed by atoms with van der Waals surface area (Å²) in [5, 5.41) is 4.25. The molecule has 1 aromatic carbocycles. The summed E-state index contributed by atoms with van der Waals surface area (Å²) in [5.74, 6) is 2.76. The van der Waals surface area contributed by atoms with Gasteiger partial charge in [0.2, 0.25) is 0 Å². The Bertz CT molecular complexity index is 665. The van der Waals surface area contributed by atoms with Crippen LogP contribution in [0.4, 0.5) is 5.69 Å². The zero-order valence-corrected chi connectivity index (χ0v) is 14.0. The third-order valence-corrected chi connectivity index (χ3v) is 5.46. The van der Waals surface area contributed by atoms with Crippen LogP contribution in [0.2, 0.25) is 0 Å². The predicted molar refractivity (Wildman–Crippen MR) is 90.8 cm³/mol. The summed E-state index contributed by atoms with van der Waals surface area (Å²) >= 11 is 0. The van der Waals surface area contributed by atoms with Gasteiger partial charge in [0, 0.05) is 37.6 Å². The predicted octanol–water partition coefficient (Wildman–Crippen LogP) is 3.82. The Balaban J connectivity index is 1.45. The number of fused-ring (bicyclic) bond motifs is 1. The molecule has 4 rings (SSSR count). The van der Waals surface area contributed by atoms with Crippen LogP contribution in [-0.2, 0) is 7.05 Å². The molecule has 2 aliphatic rings. The van der Waals surface area contributed by atoms with Crippen molar-refractivity contribution in [2.75, 3.05) is 18.0 Å². The van der Waals surface area contributed by atoms with E-state index in [0.717, 1.165) is 17.8 Å². The average Bonchev–Trinajstić information content (AvgIpc) is 2.83. The van der Waals surface area contributed by atoms with E-state index in [-0.39, 0.29) is 0 Å². The van der Waals surface area contributed by atoms with Crippen LogP contribution in [0.15, 0.2) is 36.7 Å². The van der Waals surface area contributed by atoms with E-state index < -0.39 is 0 Å². The molecule has 3 heteroatoms. The number of aromatic nitrogens is 2. The summed E-state index contributed by atoms with van der Waals surface area (Å²) in [4.78, 5) is 2.56. The van der Waals surface area contributed by atoms with Crippen LogP contribution in [0.5, 0.6) is 0 Å². The van der Waals surface area contributed by atoms with Crippen molar-refractivity contribution in [1.82, 2.24) is 9.78 Å². The minimum absolute atomic E-state index is 0.478. The first-order valence-corrected chi connectivity index (χ1v) is 8.27. The smallest absolute Gasteiger partial charge is 0.0568 e. The summed E-state index contributed by atoms with van der Waals surface area (Å²) in [5.41, 5.74) is 4.28. The highest BCUT2D eigenvalue weighted by atomic mass is 15.2. The van der Waals surface area contributed by atoms with Gasteiger partial charge in [-0.05, 0) is 40.9 Å². The van der Waals surface area contributed by atoms with Crippen LogP contribution in [0, 0.1) is 23.2 Å². The number of benzene rings is 1. The van der Waals surface area contributed by atoms with Gasteiger partial charge in [0.1, 0.15) is 0 Å². The number of hydrogen-bond donors (Lipinski definition) is 0. The van der Waals surface area contributed by atoms with Crippen molar-refractivity contribution in [1.29, 1.82) is 0 Å². The van der Waals surface area contributed by atoms with Gasteiger partial charge in [-0.1, -0.05) is 32.9 Å². The molecule has 0 amide bonds. The van der Waals surface area contributed by atoms with Crippen LogP contribution >= 0.6 is 0 Å². The standard InChI is InChI=1S/C19H25N3/c1-19(2,3)18-16-11-22(12-17(16)18)15-7-5-13(6-8-15)14-9-20-21(4)10-14/h5-10,16-18H,11-12H2,1-4H3. The first-order chi connectivity index (χ1) is 10.4. The second kappa shape index (κ2) is 4.61. The van der Waals surface area contributed by atoms with E-state index in [4.69, 9.17) is 0 Å². The molecular formula is C19H25N3. The molecule has 2 heterocycles. The maximum Gasteiger partial charge on any atom is 0.0568 e. The number of anilines is 1. The molecule has 2 atom stereocenters. The minimum atomic E-state index is 0.478. The van der Waals surface area contributed by atoms with Crippen LogP contribution in [-0.4, -0.2) is 22.9 Å². The van der Waals surface area contributed by atoms with E-state index in [2.05, 4.69) is 61.2 Å². The lowest BCUT2D eigenvalue weighted by Gasteiger charge is -2.27. The molecular weight excluding hydrogens is 270 g/mol. The second-order valence-corrected chi connectivity index (χ2v) is 8.07. The molecule has 0 spiro atoms. The molecule has 1 saturated heterocycles. The zero-order valence-electron chi connectivity index (χ0n) is 14.0. The van der Waals surface area contributed by atoms with Gasteiger partial charge in [-0.3, -0.25) is 4.68 Å². The Labute approximate surface area is 132 Å². The molecule has 1 aliphatic carbocycles. The first-order valence-electron chi connectivity index (χ1n) is 8.27. The minimum Gasteiger partial charge on any atom is -0.371 e. The second-order valence-electron chi connectivity index (χ2n) is 8.07. The third kappa shape index (κ3) is 2.23. The fraction of sp³-hybridized carbons (Fsp3) is 0.526. The molecule has 2 aromatic rings. The van der Waals surface area contributed by atoms with Gasteiger partial charge in [0.15, 0.2) is 0 Å².